The maximum atomic E-state index is 14.5. The number of amides is 2. The smallest absolute Gasteiger partial charge is 0.408 e. The summed E-state index contributed by atoms with van der Waals surface area (Å²) in [6.45, 7) is 0.0501. The molecular weight excluding hydrogens is 544 g/mol. The molecule has 4 aromatic carbocycles. The van der Waals surface area contributed by atoms with Gasteiger partial charge >= 0.3 is 6.09 Å². The average molecular weight is 579 g/mol. The third kappa shape index (κ3) is 7.22. The van der Waals surface area contributed by atoms with Gasteiger partial charge in [-0.1, -0.05) is 72.8 Å². The number of hydrogen-bond donors (Lipinski definition) is 2. The minimum Gasteiger partial charge on any atom is -0.497 e. The molecule has 0 saturated carbocycles. The molecule has 1 aliphatic rings. The van der Waals surface area contributed by atoms with Crippen molar-refractivity contribution >= 4 is 23.5 Å². The summed E-state index contributed by atoms with van der Waals surface area (Å²) in [7, 11) is 3.17. The van der Waals surface area contributed by atoms with Crippen molar-refractivity contribution in [1.29, 1.82) is 0 Å². The van der Waals surface area contributed by atoms with E-state index in [1.165, 1.54) is 0 Å². The Kier molecular flexibility index (Phi) is 9.36. The molecule has 3 atom stereocenters. The summed E-state index contributed by atoms with van der Waals surface area (Å²) in [5.41, 5.74) is 3.93. The van der Waals surface area contributed by atoms with Crippen molar-refractivity contribution in [2.24, 2.45) is 5.92 Å². The third-order valence-electron chi connectivity index (χ3n) is 7.68. The van der Waals surface area contributed by atoms with Crippen LogP contribution in [0.2, 0.25) is 0 Å². The largest absolute Gasteiger partial charge is 0.497 e. The molecule has 0 saturated heterocycles. The van der Waals surface area contributed by atoms with E-state index < -0.39 is 35.7 Å². The van der Waals surface area contributed by atoms with E-state index in [9.17, 15) is 14.4 Å². The van der Waals surface area contributed by atoms with Crippen molar-refractivity contribution in [3.63, 3.8) is 0 Å². The Morgan fingerprint density at radius 2 is 1.47 bits per heavy atom. The molecule has 5 rings (SSSR count). The van der Waals surface area contributed by atoms with E-state index in [-0.39, 0.29) is 13.0 Å². The summed E-state index contributed by atoms with van der Waals surface area (Å²) in [6.07, 6.45) is -0.147. The van der Waals surface area contributed by atoms with Gasteiger partial charge in [-0.15, -0.1) is 0 Å². The SMILES string of the molecule is COc1ccc([C@@H]2Cc3cc(OC)ccc3NC(=O)[C@@H]2C(=O)C(Cc2ccccc2)NC(=O)OCc2ccccc2)cc1. The van der Waals surface area contributed by atoms with Crippen molar-refractivity contribution in [3.05, 3.63) is 125 Å². The molecule has 0 spiro atoms. The molecule has 1 aliphatic heterocycles. The Hall–Kier alpha value is -5.11. The zero-order chi connectivity index (χ0) is 30.2. The van der Waals surface area contributed by atoms with Crippen LogP contribution in [0, 0.1) is 5.92 Å². The first-order chi connectivity index (χ1) is 20.9. The zero-order valence-corrected chi connectivity index (χ0v) is 24.1. The van der Waals surface area contributed by atoms with Crippen molar-refractivity contribution in [2.75, 3.05) is 19.5 Å². The van der Waals surface area contributed by atoms with Crippen molar-refractivity contribution in [2.45, 2.75) is 31.4 Å². The van der Waals surface area contributed by atoms with Crippen LogP contribution in [0.1, 0.15) is 28.2 Å². The number of carbonyl (C=O) groups excluding carboxylic acids is 3. The highest BCUT2D eigenvalue weighted by atomic mass is 16.5. The molecule has 1 unspecified atom stereocenters. The third-order valence-corrected chi connectivity index (χ3v) is 7.68. The summed E-state index contributed by atoms with van der Waals surface area (Å²) in [6, 6.07) is 30.5. The maximum Gasteiger partial charge on any atom is 0.408 e. The van der Waals surface area contributed by atoms with Crippen molar-refractivity contribution < 1.29 is 28.6 Å². The fourth-order valence-corrected chi connectivity index (χ4v) is 5.42. The number of hydrogen-bond acceptors (Lipinski definition) is 6. The second-order valence-electron chi connectivity index (χ2n) is 10.4. The zero-order valence-electron chi connectivity index (χ0n) is 24.1. The lowest BCUT2D eigenvalue weighted by molar-refractivity contribution is -0.133. The number of alkyl carbamates (subject to hydrolysis) is 1. The molecule has 220 valence electrons. The quantitative estimate of drug-likeness (QED) is 0.234. The first-order valence-corrected chi connectivity index (χ1v) is 14.1. The Morgan fingerprint density at radius 3 is 2.12 bits per heavy atom. The summed E-state index contributed by atoms with van der Waals surface area (Å²) in [5, 5.41) is 5.73. The highest BCUT2D eigenvalue weighted by Crippen LogP contribution is 2.38. The Balaban J connectivity index is 1.48. The lowest BCUT2D eigenvalue weighted by Crippen LogP contribution is -2.49. The summed E-state index contributed by atoms with van der Waals surface area (Å²) in [4.78, 5) is 41.4. The minimum absolute atomic E-state index is 0.0501. The number of Topliss-reactive ketones (excluding diaryl/α,β-unsaturated/α-hetero) is 1. The van der Waals surface area contributed by atoms with Crippen LogP contribution in [-0.4, -0.2) is 38.0 Å². The Morgan fingerprint density at radius 1 is 0.837 bits per heavy atom. The van der Waals surface area contributed by atoms with Gasteiger partial charge in [0.25, 0.3) is 0 Å². The second kappa shape index (κ2) is 13.7. The van der Waals surface area contributed by atoms with E-state index in [0.717, 1.165) is 22.3 Å². The summed E-state index contributed by atoms with van der Waals surface area (Å²) < 4.78 is 16.2. The molecule has 1 heterocycles. The normalized spacial score (nSPS) is 16.6. The molecular formula is C35H34N2O6. The monoisotopic (exact) mass is 578 g/mol. The van der Waals surface area contributed by atoms with Crippen LogP contribution in [0.3, 0.4) is 0 Å². The molecule has 0 radical (unpaired) electrons. The van der Waals surface area contributed by atoms with Gasteiger partial charge in [-0.05, 0) is 65.4 Å². The number of benzene rings is 4. The van der Waals surface area contributed by atoms with Gasteiger partial charge in [-0.3, -0.25) is 9.59 Å². The van der Waals surface area contributed by atoms with E-state index >= 15 is 0 Å². The first kappa shape index (κ1) is 29.4. The predicted molar refractivity (Wildman–Crippen MR) is 163 cm³/mol. The molecule has 0 bridgehead atoms. The van der Waals surface area contributed by atoms with Gasteiger partial charge in [0.2, 0.25) is 5.91 Å². The molecule has 8 nitrogen and oxygen atoms in total. The number of fused-ring (bicyclic) bond motifs is 1. The van der Waals surface area contributed by atoms with Crippen molar-refractivity contribution in [1.82, 2.24) is 5.32 Å². The number of methoxy groups -OCH3 is 2. The average Bonchev–Trinajstić information content (AvgIpc) is 3.19. The first-order valence-electron chi connectivity index (χ1n) is 14.1. The summed E-state index contributed by atoms with van der Waals surface area (Å²) in [5.74, 6) is -1.15. The van der Waals surface area contributed by atoms with Gasteiger partial charge in [0, 0.05) is 11.6 Å². The molecule has 4 aromatic rings. The van der Waals surface area contributed by atoms with Gasteiger partial charge < -0.3 is 24.8 Å². The van der Waals surface area contributed by atoms with E-state index in [0.29, 0.717) is 23.6 Å². The topological polar surface area (TPSA) is 103 Å². The van der Waals surface area contributed by atoms with Crippen LogP contribution < -0.4 is 20.1 Å². The van der Waals surface area contributed by atoms with Crippen molar-refractivity contribution in [3.8, 4) is 11.5 Å². The maximum absolute atomic E-state index is 14.5. The lowest BCUT2D eigenvalue weighted by Gasteiger charge is -2.27. The number of nitrogens with one attached hydrogen (secondary N) is 2. The number of carbonyl (C=O) groups is 3. The van der Waals surface area contributed by atoms with Crippen LogP contribution in [0.4, 0.5) is 10.5 Å². The van der Waals surface area contributed by atoms with Gasteiger partial charge in [0.15, 0.2) is 5.78 Å². The van der Waals surface area contributed by atoms with Crippen LogP contribution in [0.5, 0.6) is 11.5 Å². The molecule has 0 aliphatic carbocycles. The standard InChI is InChI=1S/C35H34N2O6/c1-41-27-15-13-25(14-16-27)29-21-26-20-28(42-2)17-18-30(26)36-34(39)32(29)33(38)31(19-23-9-5-3-6-10-23)37-35(40)43-22-24-11-7-4-8-12-24/h3-18,20,29,31-32H,19,21-22H2,1-2H3,(H,36,39)(H,37,40)/t29-,31?,32-/m0/s1. The molecule has 0 aromatic heterocycles. The fraction of sp³-hybridized carbons (Fsp3) is 0.229. The van der Waals surface area contributed by atoms with Crippen LogP contribution in [-0.2, 0) is 33.8 Å². The van der Waals surface area contributed by atoms with E-state index in [4.69, 9.17) is 14.2 Å². The predicted octanol–water partition coefficient (Wildman–Crippen LogP) is 5.71. The lowest BCUT2D eigenvalue weighted by atomic mass is 9.77. The van der Waals surface area contributed by atoms with Gasteiger partial charge in [-0.25, -0.2) is 4.79 Å². The highest BCUT2D eigenvalue weighted by molar-refractivity contribution is 6.11. The van der Waals surface area contributed by atoms with E-state index in [1.54, 1.807) is 26.4 Å². The Labute approximate surface area is 251 Å². The number of ether oxygens (including phenoxy) is 3. The van der Waals surface area contributed by atoms with Crippen LogP contribution in [0.25, 0.3) is 0 Å². The summed E-state index contributed by atoms with van der Waals surface area (Å²) >= 11 is 0. The number of anilines is 1. The Bertz CT molecular complexity index is 1560. The van der Waals surface area contributed by atoms with Gasteiger partial charge in [-0.2, -0.15) is 0 Å². The highest BCUT2D eigenvalue weighted by Gasteiger charge is 2.42. The molecule has 0 fully saturated rings. The number of rotatable bonds is 10. The fourth-order valence-electron chi connectivity index (χ4n) is 5.42. The molecule has 2 amide bonds. The van der Waals surface area contributed by atoms with Crippen LogP contribution >= 0.6 is 0 Å². The molecule has 8 heteroatoms. The van der Waals surface area contributed by atoms with Crippen LogP contribution in [0.15, 0.2) is 103 Å². The minimum atomic E-state index is -1.10. The molecule has 2 N–H and O–H groups in total. The van der Waals surface area contributed by atoms with Gasteiger partial charge in [0.1, 0.15) is 24.0 Å². The number of ketones is 1. The van der Waals surface area contributed by atoms with E-state index in [1.807, 2.05) is 91.0 Å². The molecule has 43 heavy (non-hydrogen) atoms. The second-order valence-corrected chi connectivity index (χ2v) is 10.4. The van der Waals surface area contributed by atoms with Gasteiger partial charge in [0.05, 0.1) is 20.3 Å². The van der Waals surface area contributed by atoms with E-state index in [2.05, 4.69) is 10.6 Å².